The number of nitrogen functional groups attached to an aromatic ring is 1. The van der Waals surface area contributed by atoms with Crippen molar-refractivity contribution in [1.29, 1.82) is 0 Å². The fourth-order valence-corrected chi connectivity index (χ4v) is 1.40. The van der Waals surface area contributed by atoms with Crippen LogP contribution in [0.3, 0.4) is 0 Å². The smallest absolute Gasteiger partial charge is 0.223 e. The SMILES string of the molecule is CCc1nc(NN)cc(NCc2noc(C)n2)n1. The molecule has 0 aliphatic rings. The molecule has 2 rings (SSSR count). The number of nitrogens with two attached hydrogens (primary N) is 1. The van der Waals surface area contributed by atoms with Crippen molar-refractivity contribution in [2.75, 3.05) is 10.7 Å². The molecule has 0 radical (unpaired) electrons. The molecule has 8 heteroatoms. The lowest BCUT2D eigenvalue weighted by Gasteiger charge is -2.07. The van der Waals surface area contributed by atoms with E-state index in [1.54, 1.807) is 13.0 Å². The Kier molecular flexibility index (Phi) is 3.68. The summed E-state index contributed by atoms with van der Waals surface area (Å²) in [6, 6.07) is 1.71. The molecule has 0 saturated carbocycles. The third kappa shape index (κ3) is 2.92. The monoisotopic (exact) mass is 249 g/mol. The standard InChI is InChI=1S/C10H15N7O/c1-3-7-14-8(4-9(15-7)16-11)12-5-10-13-6(2)18-17-10/h4H,3,5,11H2,1-2H3,(H2,12,14,15,16). The van der Waals surface area contributed by atoms with Gasteiger partial charge in [-0.15, -0.1) is 0 Å². The first kappa shape index (κ1) is 12.2. The van der Waals surface area contributed by atoms with Crippen molar-refractivity contribution >= 4 is 11.6 Å². The van der Waals surface area contributed by atoms with E-state index < -0.39 is 0 Å². The number of hydrazine groups is 1. The van der Waals surface area contributed by atoms with Gasteiger partial charge >= 0.3 is 0 Å². The van der Waals surface area contributed by atoms with Crippen LogP contribution in [0, 0.1) is 6.92 Å². The van der Waals surface area contributed by atoms with Gasteiger partial charge in [0.1, 0.15) is 17.5 Å². The highest BCUT2D eigenvalue weighted by Gasteiger charge is 2.05. The Morgan fingerprint density at radius 1 is 1.22 bits per heavy atom. The summed E-state index contributed by atoms with van der Waals surface area (Å²) in [4.78, 5) is 12.6. The molecule has 0 aliphatic carbocycles. The van der Waals surface area contributed by atoms with E-state index in [1.807, 2.05) is 6.92 Å². The van der Waals surface area contributed by atoms with Gasteiger partial charge in [-0.1, -0.05) is 12.1 Å². The van der Waals surface area contributed by atoms with E-state index in [0.29, 0.717) is 35.7 Å². The van der Waals surface area contributed by atoms with Gasteiger partial charge in [0.05, 0.1) is 6.54 Å². The number of anilines is 2. The van der Waals surface area contributed by atoms with Gasteiger partial charge in [-0.05, 0) is 0 Å². The first-order valence-corrected chi connectivity index (χ1v) is 5.59. The number of rotatable bonds is 5. The molecular formula is C10H15N7O. The van der Waals surface area contributed by atoms with E-state index in [1.165, 1.54) is 0 Å². The van der Waals surface area contributed by atoms with Gasteiger partial charge < -0.3 is 15.3 Å². The number of hydrogen-bond acceptors (Lipinski definition) is 8. The summed E-state index contributed by atoms with van der Waals surface area (Å²) in [6.07, 6.45) is 0.728. The average Bonchev–Trinajstić information content (AvgIpc) is 2.81. The molecule has 18 heavy (non-hydrogen) atoms. The maximum Gasteiger partial charge on any atom is 0.223 e. The van der Waals surface area contributed by atoms with E-state index >= 15 is 0 Å². The summed E-state index contributed by atoms with van der Waals surface area (Å²) in [7, 11) is 0. The molecule has 8 nitrogen and oxygen atoms in total. The summed E-state index contributed by atoms with van der Waals surface area (Å²) < 4.78 is 4.88. The first-order valence-electron chi connectivity index (χ1n) is 5.59. The van der Waals surface area contributed by atoms with Gasteiger partial charge in [-0.2, -0.15) is 4.98 Å². The molecule has 0 atom stereocenters. The predicted molar refractivity (Wildman–Crippen MR) is 65.6 cm³/mol. The highest BCUT2D eigenvalue weighted by molar-refractivity contribution is 5.46. The molecule has 2 heterocycles. The molecule has 0 amide bonds. The summed E-state index contributed by atoms with van der Waals surface area (Å²) in [5.74, 6) is 8.39. The van der Waals surface area contributed by atoms with Crippen molar-refractivity contribution in [2.24, 2.45) is 5.84 Å². The lowest BCUT2D eigenvalue weighted by molar-refractivity contribution is 0.388. The number of aromatic nitrogens is 4. The van der Waals surface area contributed by atoms with Gasteiger partial charge in [0.25, 0.3) is 0 Å². The Morgan fingerprint density at radius 2 is 2.00 bits per heavy atom. The van der Waals surface area contributed by atoms with Crippen molar-refractivity contribution in [3.05, 3.63) is 23.6 Å². The summed E-state index contributed by atoms with van der Waals surface area (Å²) in [5, 5.41) is 6.88. The zero-order valence-electron chi connectivity index (χ0n) is 10.3. The van der Waals surface area contributed by atoms with Crippen molar-refractivity contribution in [2.45, 2.75) is 26.8 Å². The van der Waals surface area contributed by atoms with E-state index in [9.17, 15) is 0 Å². The molecule has 2 aromatic rings. The largest absolute Gasteiger partial charge is 0.362 e. The van der Waals surface area contributed by atoms with Crippen molar-refractivity contribution in [3.8, 4) is 0 Å². The number of nitrogens with zero attached hydrogens (tertiary/aromatic N) is 4. The van der Waals surface area contributed by atoms with Crippen LogP contribution in [0.5, 0.6) is 0 Å². The topological polar surface area (TPSA) is 115 Å². The fourth-order valence-electron chi connectivity index (χ4n) is 1.40. The normalized spacial score (nSPS) is 10.4. The average molecular weight is 249 g/mol. The van der Waals surface area contributed by atoms with Gasteiger partial charge in [-0.3, -0.25) is 0 Å². The summed E-state index contributed by atoms with van der Waals surface area (Å²) in [5.41, 5.74) is 2.50. The van der Waals surface area contributed by atoms with Gasteiger partial charge in [0, 0.05) is 19.4 Å². The van der Waals surface area contributed by atoms with Crippen LogP contribution in [0.2, 0.25) is 0 Å². The Bertz CT molecular complexity index is 502. The second kappa shape index (κ2) is 5.41. The highest BCUT2D eigenvalue weighted by atomic mass is 16.5. The highest BCUT2D eigenvalue weighted by Crippen LogP contribution is 2.11. The minimum Gasteiger partial charge on any atom is -0.362 e. The quantitative estimate of drug-likeness (QED) is 0.522. The Labute approximate surface area is 104 Å². The van der Waals surface area contributed by atoms with Crippen LogP contribution in [0.4, 0.5) is 11.6 Å². The minimum atomic E-state index is 0.432. The predicted octanol–water partition coefficient (Wildman–Crippen LogP) is 0.628. The molecule has 96 valence electrons. The molecule has 0 saturated heterocycles. The molecule has 0 aromatic carbocycles. The molecule has 0 unspecified atom stereocenters. The van der Waals surface area contributed by atoms with E-state index in [2.05, 4.69) is 30.9 Å². The first-order chi connectivity index (χ1) is 8.71. The number of aryl methyl sites for hydroxylation is 2. The van der Waals surface area contributed by atoms with E-state index in [0.717, 1.165) is 6.42 Å². The Morgan fingerprint density at radius 3 is 2.61 bits per heavy atom. The van der Waals surface area contributed by atoms with Crippen LogP contribution in [0.15, 0.2) is 10.6 Å². The van der Waals surface area contributed by atoms with E-state index in [4.69, 9.17) is 10.4 Å². The van der Waals surface area contributed by atoms with Crippen LogP contribution < -0.4 is 16.6 Å². The number of nitrogens with one attached hydrogen (secondary N) is 2. The van der Waals surface area contributed by atoms with Crippen molar-refractivity contribution < 1.29 is 4.52 Å². The van der Waals surface area contributed by atoms with Crippen LogP contribution in [-0.2, 0) is 13.0 Å². The molecule has 4 N–H and O–H groups in total. The maximum absolute atomic E-state index is 5.35. The van der Waals surface area contributed by atoms with Gasteiger partial charge in [0.2, 0.25) is 5.89 Å². The van der Waals surface area contributed by atoms with Crippen molar-refractivity contribution in [1.82, 2.24) is 20.1 Å². The molecule has 0 bridgehead atoms. The van der Waals surface area contributed by atoms with Gasteiger partial charge in [0.15, 0.2) is 5.82 Å². The third-order valence-electron chi connectivity index (χ3n) is 2.23. The Balaban J connectivity index is 2.08. The van der Waals surface area contributed by atoms with Gasteiger partial charge in [-0.25, -0.2) is 15.8 Å². The van der Waals surface area contributed by atoms with Crippen LogP contribution >= 0.6 is 0 Å². The summed E-state index contributed by atoms with van der Waals surface area (Å²) in [6.45, 7) is 4.15. The zero-order chi connectivity index (χ0) is 13.0. The third-order valence-corrected chi connectivity index (χ3v) is 2.23. The summed E-state index contributed by atoms with van der Waals surface area (Å²) >= 11 is 0. The minimum absolute atomic E-state index is 0.432. The van der Waals surface area contributed by atoms with Crippen LogP contribution in [-0.4, -0.2) is 20.1 Å². The molecule has 0 spiro atoms. The molecule has 0 fully saturated rings. The fraction of sp³-hybridized carbons (Fsp3) is 0.400. The number of hydrogen-bond donors (Lipinski definition) is 3. The van der Waals surface area contributed by atoms with Crippen molar-refractivity contribution in [3.63, 3.8) is 0 Å². The lowest BCUT2D eigenvalue weighted by atomic mass is 10.4. The second-order valence-corrected chi connectivity index (χ2v) is 3.64. The zero-order valence-corrected chi connectivity index (χ0v) is 10.3. The second-order valence-electron chi connectivity index (χ2n) is 3.64. The van der Waals surface area contributed by atoms with E-state index in [-0.39, 0.29) is 0 Å². The van der Waals surface area contributed by atoms with Crippen LogP contribution in [0.1, 0.15) is 24.5 Å². The van der Waals surface area contributed by atoms with Crippen LogP contribution in [0.25, 0.3) is 0 Å². The molecule has 2 aromatic heterocycles. The maximum atomic E-state index is 5.35. The lowest BCUT2D eigenvalue weighted by Crippen LogP contribution is -2.12. The Hall–Kier alpha value is -2.22. The molecular weight excluding hydrogens is 234 g/mol. The molecule has 0 aliphatic heterocycles.